The SMILES string of the molecule is C=CC(=O)N(C)CCNc1ncc2ncnc(Nc3ccc(Oc4ccn5ncnc5c4)c(C)c3)c2n1. The van der Waals surface area contributed by atoms with Crippen LogP contribution < -0.4 is 15.4 Å². The topological polar surface area (TPSA) is 135 Å². The molecule has 0 aliphatic carbocycles. The third kappa shape index (κ3) is 5.27. The summed E-state index contributed by atoms with van der Waals surface area (Å²) in [6.07, 6.45) is 7.66. The molecule has 0 fully saturated rings. The zero-order valence-corrected chi connectivity index (χ0v) is 20.3. The molecule has 0 atom stereocenters. The van der Waals surface area contributed by atoms with E-state index >= 15 is 0 Å². The number of likely N-dealkylation sites (N-methyl/N-ethyl adjacent to an activating group) is 1. The summed E-state index contributed by atoms with van der Waals surface area (Å²) < 4.78 is 7.73. The number of aromatic nitrogens is 7. The lowest BCUT2D eigenvalue weighted by molar-refractivity contribution is -0.124. The van der Waals surface area contributed by atoms with E-state index in [1.165, 1.54) is 18.7 Å². The Hall–Kier alpha value is -5.13. The van der Waals surface area contributed by atoms with Crippen LogP contribution in [0.3, 0.4) is 0 Å². The summed E-state index contributed by atoms with van der Waals surface area (Å²) in [5.41, 5.74) is 3.62. The van der Waals surface area contributed by atoms with Crippen LogP contribution in [0.4, 0.5) is 17.5 Å². The molecule has 0 aliphatic rings. The Balaban J connectivity index is 1.31. The first-order valence-corrected chi connectivity index (χ1v) is 11.4. The lowest BCUT2D eigenvalue weighted by atomic mass is 10.2. The minimum atomic E-state index is -0.149. The summed E-state index contributed by atoms with van der Waals surface area (Å²) in [6, 6.07) is 9.41. The Morgan fingerprint density at radius 3 is 2.89 bits per heavy atom. The monoisotopic (exact) mass is 496 g/mol. The maximum atomic E-state index is 11.6. The van der Waals surface area contributed by atoms with Gasteiger partial charge in [-0.15, -0.1) is 0 Å². The molecule has 37 heavy (non-hydrogen) atoms. The van der Waals surface area contributed by atoms with Gasteiger partial charge in [-0.2, -0.15) is 5.10 Å². The molecule has 5 rings (SSSR count). The molecule has 0 radical (unpaired) electrons. The van der Waals surface area contributed by atoms with Crippen molar-refractivity contribution in [3.05, 3.63) is 73.6 Å². The van der Waals surface area contributed by atoms with Crippen molar-refractivity contribution in [2.45, 2.75) is 6.92 Å². The van der Waals surface area contributed by atoms with Gasteiger partial charge in [-0.1, -0.05) is 6.58 Å². The molecule has 4 aromatic heterocycles. The van der Waals surface area contributed by atoms with E-state index < -0.39 is 0 Å². The molecular weight excluding hydrogens is 472 g/mol. The fourth-order valence-electron chi connectivity index (χ4n) is 3.60. The highest BCUT2D eigenvalue weighted by Crippen LogP contribution is 2.29. The highest BCUT2D eigenvalue weighted by atomic mass is 16.5. The molecule has 0 saturated carbocycles. The van der Waals surface area contributed by atoms with Crippen LogP contribution >= 0.6 is 0 Å². The molecule has 2 N–H and O–H groups in total. The molecule has 0 unspecified atom stereocenters. The Morgan fingerprint density at radius 1 is 1.16 bits per heavy atom. The van der Waals surface area contributed by atoms with E-state index in [4.69, 9.17) is 4.74 Å². The first-order valence-electron chi connectivity index (χ1n) is 11.4. The van der Waals surface area contributed by atoms with Crippen molar-refractivity contribution in [1.29, 1.82) is 0 Å². The number of nitrogens with zero attached hydrogens (tertiary/aromatic N) is 8. The summed E-state index contributed by atoms with van der Waals surface area (Å²) >= 11 is 0. The number of benzene rings is 1. The maximum absolute atomic E-state index is 11.6. The van der Waals surface area contributed by atoms with Crippen LogP contribution in [0.5, 0.6) is 11.5 Å². The van der Waals surface area contributed by atoms with Gasteiger partial charge in [0.25, 0.3) is 0 Å². The third-order valence-corrected chi connectivity index (χ3v) is 5.58. The minimum Gasteiger partial charge on any atom is -0.457 e. The number of aryl methyl sites for hydroxylation is 1. The molecule has 0 spiro atoms. The van der Waals surface area contributed by atoms with E-state index in [-0.39, 0.29) is 5.91 Å². The van der Waals surface area contributed by atoms with Crippen molar-refractivity contribution in [1.82, 2.24) is 39.4 Å². The van der Waals surface area contributed by atoms with Gasteiger partial charge in [-0.25, -0.2) is 29.4 Å². The standard InChI is InChI=1S/C25H24N10O2/c1-4-22(36)34(3)10-8-26-25-27-13-19-23(33-25)24(30-14-28-19)32-17-5-6-20(16(2)11-17)37-18-7-9-35-21(12-18)29-15-31-35/h4-7,9,11-15H,1,8,10H2,2-3H3,(H,26,27,33)(H,28,30,32). The Kier molecular flexibility index (Phi) is 6.53. The molecule has 1 aromatic carbocycles. The average Bonchev–Trinajstić information content (AvgIpc) is 3.38. The van der Waals surface area contributed by atoms with Gasteiger partial charge in [-0.3, -0.25) is 4.79 Å². The molecule has 5 aromatic rings. The van der Waals surface area contributed by atoms with Gasteiger partial charge in [0.15, 0.2) is 11.5 Å². The van der Waals surface area contributed by atoms with Crippen LogP contribution in [0, 0.1) is 6.92 Å². The number of rotatable bonds is 9. The van der Waals surface area contributed by atoms with Crippen molar-refractivity contribution in [3.63, 3.8) is 0 Å². The van der Waals surface area contributed by atoms with Crippen molar-refractivity contribution in [2.24, 2.45) is 0 Å². The number of ether oxygens (including phenoxy) is 1. The van der Waals surface area contributed by atoms with Crippen molar-refractivity contribution in [2.75, 3.05) is 30.8 Å². The van der Waals surface area contributed by atoms with E-state index in [1.54, 1.807) is 28.9 Å². The van der Waals surface area contributed by atoms with E-state index in [2.05, 4.69) is 47.2 Å². The normalized spacial score (nSPS) is 10.9. The summed E-state index contributed by atoms with van der Waals surface area (Å²) in [4.78, 5) is 34.9. The van der Waals surface area contributed by atoms with Crippen LogP contribution in [0.25, 0.3) is 16.7 Å². The highest BCUT2D eigenvalue weighted by molar-refractivity contribution is 5.87. The number of nitrogens with one attached hydrogen (secondary N) is 2. The van der Waals surface area contributed by atoms with Gasteiger partial charge in [-0.05, 0) is 42.8 Å². The maximum Gasteiger partial charge on any atom is 0.245 e. The molecule has 1 amide bonds. The summed E-state index contributed by atoms with van der Waals surface area (Å²) in [5, 5.41) is 10.5. The molecule has 0 saturated heterocycles. The number of carbonyl (C=O) groups excluding carboxylic acids is 1. The second-order valence-corrected chi connectivity index (χ2v) is 8.17. The fraction of sp³-hybridized carbons (Fsp3) is 0.160. The summed E-state index contributed by atoms with van der Waals surface area (Å²) in [5.74, 6) is 2.19. The van der Waals surface area contributed by atoms with Crippen molar-refractivity contribution < 1.29 is 9.53 Å². The summed E-state index contributed by atoms with van der Waals surface area (Å²) in [7, 11) is 1.71. The van der Waals surface area contributed by atoms with Crippen molar-refractivity contribution in [3.8, 4) is 11.5 Å². The molecule has 0 aliphatic heterocycles. The largest absolute Gasteiger partial charge is 0.457 e. The van der Waals surface area contributed by atoms with Crippen LogP contribution in [0.15, 0.2) is 68.0 Å². The molecule has 12 nitrogen and oxygen atoms in total. The highest BCUT2D eigenvalue weighted by Gasteiger charge is 2.11. The second-order valence-electron chi connectivity index (χ2n) is 8.17. The third-order valence-electron chi connectivity index (χ3n) is 5.58. The average molecular weight is 497 g/mol. The van der Waals surface area contributed by atoms with Crippen LogP contribution in [-0.2, 0) is 4.79 Å². The van der Waals surface area contributed by atoms with Gasteiger partial charge in [0.05, 0.1) is 6.20 Å². The minimum absolute atomic E-state index is 0.149. The summed E-state index contributed by atoms with van der Waals surface area (Å²) in [6.45, 7) is 6.41. The van der Waals surface area contributed by atoms with Gasteiger partial charge < -0.3 is 20.3 Å². The first-order chi connectivity index (χ1) is 18.0. The van der Waals surface area contributed by atoms with E-state index in [0.717, 1.165) is 17.0 Å². The quantitative estimate of drug-likeness (QED) is 0.292. The number of hydrogen-bond acceptors (Lipinski definition) is 10. The Bertz CT molecular complexity index is 1600. The second kappa shape index (κ2) is 10.2. The van der Waals surface area contributed by atoms with Gasteiger partial charge >= 0.3 is 0 Å². The molecule has 186 valence electrons. The number of pyridine rings is 1. The van der Waals surface area contributed by atoms with Gasteiger partial charge in [0, 0.05) is 38.1 Å². The van der Waals surface area contributed by atoms with Gasteiger partial charge in [0.1, 0.15) is 35.2 Å². The van der Waals surface area contributed by atoms with Crippen LogP contribution in [0.2, 0.25) is 0 Å². The molecule has 0 bridgehead atoms. The fourth-order valence-corrected chi connectivity index (χ4v) is 3.60. The van der Waals surface area contributed by atoms with Gasteiger partial charge in [0.2, 0.25) is 11.9 Å². The smallest absolute Gasteiger partial charge is 0.245 e. The number of hydrogen-bond donors (Lipinski definition) is 2. The molecule has 4 heterocycles. The van der Waals surface area contributed by atoms with Crippen molar-refractivity contribution >= 4 is 40.0 Å². The lowest BCUT2D eigenvalue weighted by Crippen LogP contribution is -2.30. The first kappa shape index (κ1) is 23.6. The Morgan fingerprint density at radius 2 is 2.05 bits per heavy atom. The van der Waals surface area contributed by atoms with E-state index in [1.807, 2.05) is 37.3 Å². The number of anilines is 3. The number of fused-ring (bicyclic) bond motifs is 2. The molecule has 12 heteroatoms. The van der Waals surface area contributed by atoms with Crippen LogP contribution in [-0.4, -0.2) is 65.5 Å². The van der Waals surface area contributed by atoms with E-state index in [0.29, 0.717) is 47.3 Å². The number of amides is 1. The predicted molar refractivity (Wildman–Crippen MR) is 139 cm³/mol. The Labute approximate surface area is 212 Å². The lowest BCUT2D eigenvalue weighted by Gasteiger charge is -2.15. The zero-order chi connectivity index (χ0) is 25.8. The number of carbonyl (C=O) groups is 1. The zero-order valence-electron chi connectivity index (χ0n) is 20.3. The van der Waals surface area contributed by atoms with Crippen LogP contribution in [0.1, 0.15) is 5.56 Å². The predicted octanol–water partition coefficient (Wildman–Crippen LogP) is 3.36. The molecular formula is C25H24N10O2. The van der Waals surface area contributed by atoms with E-state index in [9.17, 15) is 4.79 Å².